The Morgan fingerprint density at radius 2 is 1.95 bits per heavy atom. The maximum Gasteiger partial charge on any atom is 0.259 e. The molecule has 1 saturated heterocycles. The van der Waals surface area contributed by atoms with Gasteiger partial charge in [0, 0.05) is 35.7 Å². The van der Waals surface area contributed by atoms with Gasteiger partial charge >= 0.3 is 0 Å². The molecule has 0 aliphatic carbocycles. The van der Waals surface area contributed by atoms with Crippen molar-refractivity contribution in [3.05, 3.63) is 39.8 Å². The first-order chi connectivity index (χ1) is 10.1. The molecule has 4 nitrogen and oxygen atoms in total. The third-order valence-electron chi connectivity index (χ3n) is 4.02. The summed E-state index contributed by atoms with van der Waals surface area (Å²) in [6.07, 6.45) is 5.49. The Morgan fingerprint density at radius 1 is 1.24 bits per heavy atom. The highest BCUT2D eigenvalue weighted by Gasteiger charge is 2.16. The number of hydrogen-bond acceptors (Lipinski definition) is 3. The summed E-state index contributed by atoms with van der Waals surface area (Å²) in [5.74, 6) is 0.818. The van der Waals surface area contributed by atoms with E-state index in [1.807, 2.05) is 13.1 Å². The van der Waals surface area contributed by atoms with E-state index in [4.69, 9.17) is 4.98 Å². The second-order valence-electron chi connectivity index (χ2n) is 5.78. The summed E-state index contributed by atoms with van der Waals surface area (Å²) < 4.78 is 1.66. The molecule has 0 amide bonds. The lowest BCUT2D eigenvalue weighted by atomic mass is 10.1. The smallest absolute Gasteiger partial charge is 0.259 e. The minimum atomic E-state index is -0.00123. The van der Waals surface area contributed by atoms with Gasteiger partial charge in [0.15, 0.2) is 0 Å². The second-order valence-corrected chi connectivity index (χ2v) is 7.16. The van der Waals surface area contributed by atoms with Gasteiger partial charge in [-0.05, 0) is 44.7 Å². The molecule has 1 fully saturated rings. The molecule has 0 saturated carbocycles. The molecule has 2 aromatic rings. The molecule has 1 atom stereocenters. The number of hydrogen-bond donors (Lipinski definition) is 0. The van der Waals surface area contributed by atoms with E-state index in [2.05, 4.69) is 33.8 Å². The Balaban J connectivity index is 2.19. The first kappa shape index (κ1) is 14.6. The van der Waals surface area contributed by atoms with Crippen molar-refractivity contribution < 1.29 is 0 Å². The predicted octanol–water partition coefficient (Wildman–Crippen LogP) is 3.45. The van der Waals surface area contributed by atoms with E-state index >= 15 is 0 Å². The number of fused-ring (bicyclic) bond motifs is 1. The number of halogens is 1. The van der Waals surface area contributed by atoms with Crippen molar-refractivity contribution in [3.8, 4) is 0 Å². The van der Waals surface area contributed by atoms with E-state index in [1.54, 1.807) is 10.5 Å². The van der Waals surface area contributed by atoms with Gasteiger partial charge in [-0.1, -0.05) is 15.9 Å². The number of nitrogens with zero attached hydrogens (tertiary/aromatic N) is 3. The largest absolute Gasteiger partial charge is 0.356 e. The van der Waals surface area contributed by atoms with Crippen LogP contribution in [0.1, 0.15) is 42.1 Å². The zero-order valence-corrected chi connectivity index (χ0v) is 14.1. The molecule has 1 unspecified atom stereocenters. The Morgan fingerprint density at radius 3 is 2.62 bits per heavy atom. The van der Waals surface area contributed by atoms with Crippen LogP contribution in [0.25, 0.3) is 5.65 Å². The summed E-state index contributed by atoms with van der Waals surface area (Å²) in [5.41, 5.74) is 2.89. The summed E-state index contributed by atoms with van der Waals surface area (Å²) in [5, 5.41) is 0. The Hall–Kier alpha value is -1.36. The number of aromatic nitrogens is 2. The Bertz CT molecular complexity index is 717. The van der Waals surface area contributed by atoms with Crippen LogP contribution in [0.15, 0.2) is 23.1 Å². The first-order valence-electron chi connectivity index (χ1n) is 7.49. The average Bonchev–Trinajstić information content (AvgIpc) is 2.48. The molecule has 0 spiro atoms. The molecule has 21 heavy (non-hydrogen) atoms. The summed E-state index contributed by atoms with van der Waals surface area (Å²) >= 11 is 3.61. The van der Waals surface area contributed by atoms with Gasteiger partial charge in [-0.2, -0.15) is 0 Å². The van der Waals surface area contributed by atoms with E-state index in [9.17, 15) is 4.79 Å². The minimum absolute atomic E-state index is 0.00123. The van der Waals surface area contributed by atoms with E-state index < -0.39 is 0 Å². The number of piperidine rings is 1. The number of aryl methyl sites for hydroxylation is 1. The van der Waals surface area contributed by atoms with Gasteiger partial charge in [-0.15, -0.1) is 0 Å². The van der Waals surface area contributed by atoms with E-state index in [1.165, 1.54) is 19.3 Å². The van der Waals surface area contributed by atoms with Crippen LogP contribution in [-0.4, -0.2) is 22.5 Å². The van der Waals surface area contributed by atoms with Gasteiger partial charge < -0.3 is 4.90 Å². The van der Waals surface area contributed by atoms with Crippen molar-refractivity contribution in [2.24, 2.45) is 0 Å². The lowest BCUT2D eigenvalue weighted by Gasteiger charge is -2.28. The van der Waals surface area contributed by atoms with Crippen LogP contribution in [0.2, 0.25) is 0 Å². The normalized spacial score (nSPS) is 17.2. The molecule has 1 aliphatic rings. The highest BCUT2D eigenvalue weighted by molar-refractivity contribution is 9.09. The van der Waals surface area contributed by atoms with Gasteiger partial charge in [-0.3, -0.25) is 9.20 Å². The van der Waals surface area contributed by atoms with E-state index in [0.29, 0.717) is 0 Å². The lowest BCUT2D eigenvalue weighted by Crippen LogP contribution is -2.32. The Labute approximate surface area is 132 Å². The van der Waals surface area contributed by atoms with Crippen molar-refractivity contribution in [2.75, 3.05) is 18.0 Å². The van der Waals surface area contributed by atoms with Crippen LogP contribution >= 0.6 is 15.9 Å². The van der Waals surface area contributed by atoms with Crippen LogP contribution in [0.5, 0.6) is 0 Å². The summed E-state index contributed by atoms with van der Waals surface area (Å²) in [6.45, 7) is 6.05. The number of anilines is 1. The topological polar surface area (TPSA) is 37.6 Å². The fraction of sp³-hybridized carbons (Fsp3) is 0.500. The van der Waals surface area contributed by atoms with Crippen LogP contribution in [0, 0.1) is 6.92 Å². The van der Waals surface area contributed by atoms with E-state index in [0.717, 1.165) is 35.7 Å². The maximum absolute atomic E-state index is 12.5. The van der Waals surface area contributed by atoms with Crippen LogP contribution in [-0.2, 0) is 0 Å². The molecule has 0 N–H and O–H groups in total. The molecule has 5 heteroatoms. The van der Waals surface area contributed by atoms with Gasteiger partial charge in [-0.25, -0.2) is 4.98 Å². The SMILES string of the molecule is Cc1cc(C(C)Br)c2nc(N3CCCCC3)cc(=O)n2c1. The Kier molecular flexibility index (Phi) is 4.02. The van der Waals surface area contributed by atoms with Crippen molar-refractivity contribution in [1.29, 1.82) is 0 Å². The number of pyridine rings is 1. The summed E-state index contributed by atoms with van der Waals surface area (Å²) in [6, 6.07) is 3.77. The fourth-order valence-electron chi connectivity index (χ4n) is 2.94. The third-order valence-corrected chi connectivity index (χ3v) is 4.51. The minimum Gasteiger partial charge on any atom is -0.356 e. The average molecular weight is 350 g/mol. The summed E-state index contributed by atoms with van der Waals surface area (Å²) in [7, 11) is 0. The second kappa shape index (κ2) is 5.79. The van der Waals surface area contributed by atoms with Crippen molar-refractivity contribution in [2.45, 2.75) is 37.9 Å². The number of alkyl halides is 1. The molecule has 2 aromatic heterocycles. The van der Waals surface area contributed by atoms with Crippen LogP contribution in [0.3, 0.4) is 0 Å². The zero-order chi connectivity index (χ0) is 15.0. The van der Waals surface area contributed by atoms with Crippen molar-refractivity contribution in [1.82, 2.24) is 9.38 Å². The molecule has 0 aromatic carbocycles. The predicted molar refractivity (Wildman–Crippen MR) is 89.6 cm³/mol. The zero-order valence-electron chi connectivity index (χ0n) is 12.5. The molecule has 3 rings (SSSR count). The van der Waals surface area contributed by atoms with Gasteiger partial charge in [0.1, 0.15) is 11.5 Å². The third kappa shape index (κ3) is 2.84. The highest BCUT2D eigenvalue weighted by Crippen LogP contribution is 2.27. The maximum atomic E-state index is 12.5. The van der Waals surface area contributed by atoms with Crippen LogP contribution < -0.4 is 10.5 Å². The fourth-order valence-corrected chi connectivity index (χ4v) is 3.27. The van der Waals surface area contributed by atoms with Crippen molar-refractivity contribution in [3.63, 3.8) is 0 Å². The van der Waals surface area contributed by atoms with Gasteiger partial charge in [0.25, 0.3) is 5.56 Å². The standard InChI is InChI=1S/C16H20BrN3O/c1-11-8-13(12(2)17)16-18-14(9-15(21)20(16)10-11)19-6-4-3-5-7-19/h8-10,12H,3-7H2,1-2H3. The van der Waals surface area contributed by atoms with Gasteiger partial charge in [0.2, 0.25) is 0 Å². The first-order valence-corrected chi connectivity index (χ1v) is 8.41. The summed E-state index contributed by atoms with van der Waals surface area (Å²) in [4.78, 5) is 19.6. The molecule has 0 bridgehead atoms. The molecule has 3 heterocycles. The monoisotopic (exact) mass is 349 g/mol. The molecule has 1 aliphatic heterocycles. The van der Waals surface area contributed by atoms with E-state index in [-0.39, 0.29) is 10.4 Å². The highest BCUT2D eigenvalue weighted by atomic mass is 79.9. The molecule has 0 radical (unpaired) electrons. The quantitative estimate of drug-likeness (QED) is 0.779. The number of rotatable bonds is 2. The molecule has 112 valence electrons. The van der Waals surface area contributed by atoms with Crippen LogP contribution in [0.4, 0.5) is 5.82 Å². The van der Waals surface area contributed by atoms with Gasteiger partial charge in [0.05, 0.1) is 0 Å². The molecular weight excluding hydrogens is 330 g/mol. The lowest BCUT2D eigenvalue weighted by molar-refractivity contribution is 0.573. The molecular formula is C16H20BrN3O. The van der Waals surface area contributed by atoms with Crippen molar-refractivity contribution >= 4 is 27.4 Å².